The van der Waals surface area contributed by atoms with Crippen molar-refractivity contribution in [2.75, 3.05) is 7.11 Å². The monoisotopic (exact) mass is 233 g/mol. The van der Waals surface area contributed by atoms with Gasteiger partial charge >= 0.3 is 0 Å². The summed E-state index contributed by atoms with van der Waals surface area (Å²) in [4.78, 5) is 3.95. The Morgan fingerprint density at radius 1 is 1.35 bits per heavy atom. The van der Waals surface area contributed by atoms with Gasteiger partial charge in [-0.05, 0) is 24.6 Å². The highest BCUT2D eigenvalue weighted by Crippen LogP contribution is 2.17. The summed E-state index contributed by atoms with van der Waals surface area (Å²) in [7, 11) is 1.66. The molecule has 0 saturated heterocycles. The van der Waals surface area contributed by atoms with E-state index in [9.17, 15) is 0 Å². The van der Waals surface area contributed by atoms with Crippen LogP contribution >= 0.6 is 0 Å². The highest BCUT2D eigenvalue weighted by molar-refractivity contribution is 5.28. The standard InChI is InChI=1S/C12H15N3O2/c1-9(13-7-12-14-8-17-15-12)10-3-5-11(16-2)6-4-10/h3-6,8-9,13H,7H2,1-2H3. The van der Waals surface area contributed by atoms with Gasteiger partial charge in [0.05, 0.1) is 13.7 Å². The molecule has 1 N–H and O–H groups in total. The van der Waals surface area contributed by atoms with Gasteiger partial charge in [0.2, 0.25) is 6.39 Å². The smallest absolute Gasteiger partial charge is 0.213 e. The fraction of sp³-hybridized carbons (Fsp3) is 0.333. The number of rotatable bonds is 5. The predicted octanol–water partition coefficient (Wildman–Crippen LogP) is 1.93. The van der Waals surface area contributed by atoms with E-state index < -0.39 is 0 Å². The van der Waals surface area contributed by atoms with Crippen molar-refractivity contribution in [3.8, 4) is 5.75 Å². The number of hydrogen-bond acceptors (Lipinski definition) is 5. The third kappa shape index (κ3) is 3.04. The Hall–Kier alpha value is -1.88. The van der Waals surface area contributed by atoms with Gasteiger partial charge in [0, 0.05) is 6.04 Å². The number of benzene rings is 1. The molecule has 1 aromatic heterocycles. The SMILES string of the molecule is COc1ccc(C(C)NCc2ncon2)cc1. The number of methoxy groups -OCH3 is 1. The first-order chi connectivity index (χ1) is 8.29. The fourth-order valence-corrected chi connectivity index (χ4v) is 1.53. The van der Waals surface area contributed by atoms with Crippen LogP contribution in [0.25, 0.3) is 0 Å². The van der Waals surface area contributed by atoms with Gasteiger partial charge in [-0.15, -0.1) is 0 Å². The summed E-state index contributed by atoms with van der Waals surface area (Å²) in [5.74, 6) is 1.52. The van der Waals surface area contributed by atoms with E-state index in [1.54, 1.807) is 7.11 Å². The maximum absolute atomic E-state index is 5.11. The number of hydrogen-bond donors (Lipinski definition) is 1. The Morgan fingerprint density at radius 2 is 2.12 bits per heavy atom. The Labute approximate surface area is 99.8 Å². The van der Waals surface area contributed by atoms with E-state index in [4.69, 9.17) is 4.74 Å². The van der Waals surface area contributed by atoms with E-state index in [1.165, 1.54) is 12.0 Å². The van der Waals surface area contributed by atoms with Crippen molar-refractivity contribution in [2.45, 2.75) is 19.5 Å². The zero-order valence-corrected chi connectivity index (χ0v) is 9.88. The molecule has 0 aliphatic rings. The van der Waals surface area contributed by atoms with Gasteiger partial charge in [0.15, 0.2) is 5.82 Å². The Kier molecular flexibility index (Phi) is 3.72. The molecule has 0 saturated carbocycles. The molecular weight excluding hydrogens is 218 g/mol. The quantitative estimate of drug-likeness (QED) is 0.855. The van der Waals surface area contributed by atoms with Crippen LogP contribution in [-0.4, -0.2) is 17.3 Å². The van der Waals surface area contributed by atoms with Gasteiger partial charge in [0.1, 0.15) is 5.75 Å². The average molecular weight is 233 g/mol. The van der Waals surface area contributed by atoms with Crippen LogP contribution in [-0.2, 0) is 6.54 Å². The van der Waals surface area contributed by atoms with Gasteiger partial charge in [-0.2, -0.15) is 4.98 Å². The third-order valence-corrected chi connectivity index (χ3v) is 2.59. The highest BCUT2D eigenvalue weighted by Gasteiger charge is 2.06. The lowest BCUT2D eigenvalue weighted by molar-refractivity contribution is 0.405. The molecule has 2 aromatic rings. The molecule has 1 unspecified atom stereocenters. The number of aromatic nitrogens is 2. The highest BCUT2D eigenvalue weighted by atomic mass is 16.5. The summed E-state index contributed by atoms with van der Waals surface area (Å²) < 4.78 is 9.78. The largest absolute Gasteiger partial charge is 0.497 e. The summed E-state index contributed by atoms with van der Waals surface area (Å²) in [6.07, 6.45) is 1.33. The predicted molar refractivity (Wildman–Crippen MR) is 62.5 cm³/mol. The van der Waals surface area contributed by atoms with Crippen LogP contribution < -0.4 is 10.1 Å². The van der Waals surface area contributed by atoms with Gasteiger partial charge < -0.3 is 14.6 Å². The molecule has 0 aliphatic carbocycles. The maximum Gasteiger partial charge on any atom is 0.213 e. The zero-order valence-electron chi connectivity index (χ0n) is 9.88. The number of ether oxygens (including phenoxy) is 1. The first kappa shape index (κ1) is 11.6. The maximum atomic E-state index is 5.11. The Bertz CT molecular complexity index is 439. The van der Waals surface area contributed by atoms with E-state index in [2.05, 4.69) is 26.9 Å². The summed E-state index contributed by atoms with van der Waals surface area (Å²) in [5, 5.41) is 7.05. The molecule has 17 heavy (non-hydrogen) atoms. The van der Waals surface area contributed by atoms with E-state index in [1.807, 2.05) is 24.3 Å². The van der Waals surface area contributed by atoms with Crippen molar-refractivity contribution in [3.05, 3.63) is 42.0 Å². The first-order valence-corrected chi connectivity index (χ1v) is 5.42. The van der Waals surface area contributed by atoms with E-state index in [-0.39, 0.29) is 6.04 Å². The zero-order chi connectivity index (χ0) is 12.1. The summed E-state index contributed by atoms with van der Waals surface area (Å²) in [6.45, 7) is 2.67. The van der Waals surface area contributed by atoms with Crippen molar-refractivity contribution in [3.63, 3.8) is 0 Å². The summed E-state index contributed by atoms with van der Waals surface area (Å²) in [5.41, 5.74) is 1.19. The molecule has 90 valence electrons. The van der Waals surface area contributed by atoms with Gasteiger partial charge in [-0.1, -0.05) is 17.3 Å². The second-order valence-corrected chi connectivity index (χ2v) is 3.72. The molecule has 5 nitrogen and oxygen atoms in total. The van der Waals surface area contributed by atoms with Crippen LogP contribution in [0.4, 0.5) is 0 Å². The molecule has 0 spiro atoms. The van der Waals surface area contributed by atoms with E-state index >= 15 is 0 Å². The number of nitrogens with zero attached hydrogens (tertiary/aromatic N) is 2. The molecule has 0 fully saturated rings. The van der Waals surface area contributed by atoms with Crippen molar-refractivity contribution in [1.29, 1.82) is 0 Å². The van der Waals surface area contributed by atoms with Crippen LogP contribution in [0.2, 0.25) is 0 Å². The molecular formula is C12H15N3O2. The van der Waals surface area contributed by atoms with Crippen LogP contribution in [0, 0.1) is 0 Å². The fourth-order valence-electron chi connectivity index (χ4n) is 1.53. The second-order valence-electron chi connectivity index (χ2n) is 3.72. The molecule has 2 rings (SSSR count). The summed E-state index contributed by atoms with van der Waals surface area (Å²) in [6, 6.07) is 8.18. The number of nitrogens with one attached hydrogen (secondary N) is 1. The van der Waals surface area contributed by atoms with Gasteiger partial charge in [-0.25, -0.2) is 0 Å². The van der Waals surface area contributed by atoms with E-state index in [0.29, 0.717) is 12.4 Å². The van der Waals surface area contributed by atoms with Crippen molar-refractivity contribution in [1.82, 2.24) is 15.5 Å². The Balaban J connectivity index is 1.92. The van der Waals surface area contributed by atoms with Crippen LogP contribution in [0.3, 0.4) is 0 Å². The Morgan fingerprint density at radius 3 is 2.71 bits per heavy atom. The topological polar surface area (TPSA) is 60.2 Å². The average Bonchev–Trinajstić information content (AvgIpc) is 2.89. The minimum Gasteiger partial charge on any atom is -0.497 e. The minimum atomic E-state index is 0.222. The van der Waals surface area contributed by atoms with E-state index in [0.717, 1.165) is 5.75 Å². The molecule has 0 amide bonds. The molecule has 0 aliphatic heterocycles. The molecule has 5 heteroatoms. The molecule has 1 aromatic carbocycles. The van der Waals surface area contributed by atoms with Gasteiger partial charge in [0.25, 0.3) is 0 Å². The van der Waals surface area contributed by atoms with Gasteiger partial charge in [-0.3, -0.25) is 0 Å². The van der Waals surface area contributed by atoms with Crippen LogP contribution in [0.1, 0.15) is 24.4 Å². The molecule has 1 heterocycles. The van der Waals surface area contributed by atoms with Crippen molar-refractivity contribution in [2.24, 2.45) is 0 Å². The van der Waals surface area contributed by atoms with Crippen LogP contribution in [0.5, 0.6) is 5.75 Å². The molecule has 1 atom stereocenters. The van der Waals surface area contributed by atoms with Crippen LogP contribution in [0.15, 0.2) is 35.2 Å². The molecule has 0 radical (unpaired) electrons. The van der Waals surface area contributed by atoms with Crippen molar-refractivity contribution < 1.29 is 9.26 Å². The second kappa shape index (κ2) is 5.45. The summed E-state index contributed by atoms with van der Waals surface area (Å²) >= 11 is 0. The lowest BCUT2D eigenvalue weighted by atomic mass is 10.1. The van der Waals surface area contributed by atoms with Crippen molar-refractivity contribution >= 4 is 0 Å². The minimum absolute atomic E-state index is 0.222. The normalized spacial score (nSPS) is 12.4. The first-order valence-electron chi connectivity index (χ1n) is 5.42. The lowest BCUT2D eigenvalue weighted by Gasteiger charge is -2.13. The molecule has 0 bridgehead atoms. The third-order valence-electron chi connectivity index (χ3n) is 2.59. The lowest BCUT2D eigenvalue weighted by Crippen LogP contribution is -2.18.